The van der Waals surface area contributed by atoms with Gasteiger partial charge in [0.05, 0.1) is 5.56 Å². The SMILES string of the molecule is CCCCNC(=O)C(C)OC(=O)c1cc(N)cc(C)c1F. The van der Waals surface area contributed by atoms with Crippen LogP contribution in [-0.4, -0.2) is 24.5 Å². The topological polar surface area (TPSA) is 81.4 Å². The molecule has 1 rings (SSSR count). The van der Waals surface area contributed by atoms with Crippen molar-refractivity contribution < 1.29 is 18.7 Å². The average molecular weight is 296 g/mol. The summed E-state index contributed by atoms with van der Waals surface area (Å²) < 4.78 is 18.8. The first kappa shape index (κ1) is 16.9. The highest BCUT2D eigenvalue weighted by molar-refractivity contribution is 5.93. The predicted octanol–water partition coefficient (Wildman–Crippen LogP) is 2.18. The zero-order chi connectivity index (χ0) is 16.0. The van der Waals surface area contributed by atoms with E-state index in [4.69, 9.17) is 10.5 Å². The Bertz CT molecular complexity index is 532. The maximum atomic E-state index is 13.9. The number of anilines is 1. The number of nitrogens with two attached hydrogens (primary N) is 1. The van der Waals surface area contributed by atoms with Crippen LogP contribution in [0.25, 0.3) is 0 Å². The third-order valence-corrected chi connectivity index (χ3v) is 2.98. The number of aryl methyl sites for hydroxylation is 1. The number of carbonyl (C=O) groups excluding carboxylic acids is 2. The summed E-state index contributed by atoms with van der Waals surface area (Å²) in [5.41, 5.74) is 5.84. The van der Waals surface area contributed by atoms with Gasteiger partial charge in [-0.2, -0.15) is 0 Å². The quantitative estimate of drug-likeness (QED) is 0.479. The zero-order valence-corrected chi connectivity index (χ0v) is 12.5. The number of hydrogen-bond donors (Lipinski definition) is 2. The number of benzene rings is 1. The number of esters is 1. The van der Waals surface area contributed by atoms with E-state index in [1.807, 2.05) is 6.92 Å². The summed E-state index contributed by atoms with van der Waals surface area (Å²) in [4.78, 5) is 23.6. The van der Waals surface area contributed by atoms with E-state index in [2.05, 4.69) is 5.32 Å². The number of ether oxygens (including phenoxy) is 1. The molecule has 1 atom stereocenters. The second-order valence-corrected chi connectivity index (χ2v) is 4.89. The summed E-state index contributed by atoms with van der Waals surface area (Å²) in [5.74, 6) is -1.99. The molecule has 1 aromatic carbocycles. The Labute approximate surface area is 123 Å². The van der Waals surface area contributed by atoms with E-state index >= 15 is 0 Å². The normalized spacial score (nSPS) is 11.8. The molecule has 3 N–H and O–H groups in total. The lowest BCUT2D eigenvalue weighted by atomic mass is 10.1. The van der Waals surface area contributed by atoms with Gasteiger partial charge in [-0.05, 0) is 38.0 Å². The fourth-order valence-corrected chi connectivity index (χ4v) is 1.76. The van der Waals surface area contributed by atoms with Crippen molar-refractivity contribution in [2.24, 2.45) is 0 Å². The number of carbonyl (C=O) groups is 2. The van der Waals surface area contributed by atoms with E-state index in [0.717, 1.165) is 12.8 Å². The number of amides is 1. The molecule has 0 saturated heterocycles. The summed E-state index contributed by atoms with van der Waals surface area (Å²) in [7, 11) is 0. The molecule has 1 unspecified atom stereocenters. The molecular formula is C15H21FN2O3. The minimum absolute atomic E-state index is 0.252. The van der Waals surface area contributed by atoms with E-state index in [1.54, 1.807) is 0 Å². The molecule has 0 aromatic heterocycles. The highest BCUT2D eigenvalue weighted by Gasteiger charge is 2.22. The molecule has 0 aliphatic heterocycles. The highest BCUT2D eigenvalue weighted by Crippen LogP contribution is 2.18. The van der Waals surface area contributed by atoms with E-state index in [0.29, 0.717) is 6.54 Å². The minimum atomic E-state index is -0.990. The highest BCUT2D eigenvalue weighted by atomic mass is 19.1. The van der Waals surface area contributed by atoms with Crippen molar-refractivity contribution in [1.29, 1.82) is 0 Å². The molecule has 1 aromatic rings. The Kier molecular flexibility index (Phi) is 6.14. The average Bonchev–Trinajstić information content (AvgIpc) is 2.42. The molecule has 0 saturated carbocycles. The van der Waals surface area contributed by atoms with E-state index in [-0.39, 0.29) is 16.8 Å². The Morgan fingerprint density at radius 1 is 1.43 bits per heavy atom. The summed E-state index contributed by atoms with van der Waals surface area (Å²) in [5, 5.41) is 2.64. The number of unbranched alkanes of at least 4 members (excludes halogenated alkanes) is 1. The van der Waals surface area contributed by atoms with Crippen molar-refractivity contribution in [3.8, 4) is 0 Å². The molecule has 116 valence electrons. The molecule has 21 heavy (non-hydrogen) atoms. The molecule has 1 amide bonds. The predicted molar refractivity (Wildman–Crippen MR) is 78.3 cm³/mol. The van der Waals surface area contributed by atoms with Crippen LogP contribution in [-0.2, 0) is 9.53 Å². The number of nitrogen functional groups attached to an aromatic ring is 1. The van der Waals surface area contributed by atoms with Crippen LogP contribution in [0.4, 0.5) is 10.1 Å². The Balaban J connectivity index is 2.71. The van der Waals surface area contributed by atoms with Gasteiger partial charge in [0, 0.05) is 12.2 Å². The van der Waals surface area contributed by atoms with E-state index in [9.17, 15) is 14.0 Å². The lowest BCUT2D eigenvalue weighted by molar-refractivity contribution is -0.129. The van der Waals surface area contributed by atoms with Gasteiger partial charge in [-0.3, -0.25) is 4.79 Å². The molecule has 0 bridgehead atoms. The second-order valence-electron chi connectivity index (χ2n) is 4.89. The zero-order valence-electron chi connectivity index (χ0n) is 12.5. The van der Waals surface area contributed by atoms with E-state index < -0.39 is 23.8 Å². The maximum absolute atomic E-state index is 13.9. The maximum Gasteiger partial charge on any atom is 0.341 e. The Morgan fingerprint density at radius 3 is 2.71 bits per heavy atom. The van der Waals surface area contributed by atoms with Crippen LogP contribution in [0.3, 0.4) is 0 Å². The number of hydrogen-bond acceptors (Lipinski definition) is 4. The molecule has 0 radical (unpaired) electrons. The second kappa shape index (κ2) is 7.61. The van der Waals surface area contributed by atoms with Crippen molar-refractivity contribution in [3.05, 3.63) is 29.1 Å². The van der Waals surface area contributed by atoms with Crippen LogP contribution < -0.4 is 11.1 Å². The first-order valence-electron chi connectivity index (χ1n) is 6.91. The number of halogens is 1. The molecular weight excluding hydrogens is 275 g/mol. The molecule has 0 heterocycles. The van der Waals surface area contributed by atoms with Gasteiger partial charge in [0.25, 0.3) is 5.91 Å². The summed E-state index contributed by atoms with van der Waals surface area (Å²) in [6.07, 6.45) is 0.799. The lowest BCUT2D eigenvalue weighted by Crippen LogP contribution is -2.36. The van der Waals surface area contributed by atoms with Crippen LogP contribution in [0.2, 0.25) is 0 Å². The van der Waals surface area contributed by atoms with Crippen molar-refractivity contribution in [2.75, 3.05) is 12.3 Å². The molecule has 5 nitrogen and oxygen atoms in total. The third kappa shape index (κ3) is 4.73. The summed E-state index contributed by atoms with van der Waals surface area (Å²) in [6.45, 7) is 5.46. The molecule has 0 aliphatic rings. The minimum Gasteiger partial charge on any atom is -0.449 e. The van der Waals surface area contributed by atoms with Crippen LogP contribution in [0.1, 0.15) is 42.6 Å². The van der Waals surface area contributed by atoms with Gasteiger partial charge in [-0.15, -0.1) is 0 Å². The van der Waals surface area contributed by atoms with Crippen molar-refractivity contribution >= 4 is 17.6 Å². The smallest absolute Gasteiger partial charge is 0.341 e. The molecule has 0 fully saturated rings. The fraction of sp³-hybridized carbons (Fsp3) is 0.467. The molecule has 0 spiro atoms. The monoisotopic (exact) mass is 296 g/mol. The van der Waals surface area contributed by atoms with Crippen LogP contribution in [0.5, 0.6) is 0 Å². The standard InChI is InChI=1S/C15H21FN2O3/c1-4-5-6-18-14(19)10(3)21-15(20)12-8-11(17)7-9(2)13(12)16/h7-8,10H,4-6,17H2,1-3H3,(H,18,19). The Hall–Kier alpha value is -2.11. The third-order valence-electron chi connectivity index (χ3n) is 2.98. The van der Waals surface area contributed by atoms with Crippen LogP contribution >= 0.6 is 0 Å². The van der Waals surface area contributed by atoms with Crippen LogP contribution in [0, 0.1) is 12.7 Å². The van der Waals surface area contributed by atoms with Gasteiger partial charge in [-0.1, -0.05) is 13.3 Å². The van der Waals surface area contributed by atoms with Gasteiger partial charge >= 0.3 is 5.97 Å². The molecule has 6 heteroatoms. The van der Waals surface area contributed by atoms with Gasteiger partial charge in [0.15, 0.2) is 6.10 Å². The largest absolute Gasteiger partial charge is 0.449 e. The Morgan fingerprint density at radius 2 is 2.10 bits per heavy atom. The summed E-state index contributed by atoms with van der Waals surface area (Å²) >= 11 is 0. The van der Waals surface area contributed by atoms with Gasteiger partial charge < -0.3 is 15.8 Å². The van der Waals surface area contributed by atoms with Crippen molar-refractivity contribution in [2.45, 2.75) is 39.7 Å². The first-order chi connectivity index (χ1) is 9.86. The number of nitrogens with one attached hydrogen (secondary N) is 1. The van der Waals surface area contributed by atoms with Gasteiger partial charge in [0.2, 0.25) is 0 Å². The van der Waals surface area contributed by atoms with Gasteiger partial charge in [-0.25, -0.2) is 9.18 Å². The fourth-order valence-electron chi connectivity index (χ4n) is 1.76. The van der Waals surface area contributed by atoms with Crippen LogP contribution in [0.15, 0.2) is 12.1 Å². The lowest BCUT2D eigenvalue weighted by Gasteiger charge is -2.14. The first-order valence-corrected chi connectivity index (χ1v) is 6.91. The molecule has 0 aliphatic carbocycles. The van der Waals surface area contributed by atoms with E-state index in [1.165, 1.54) is 26.0 Å². The summed E-state index contributed by atoms with van der Waals surface area (Å²) in [6, 6.07) is 2.62. The van der Waals surface area contributed by atoms with Crippen molar-refractivity contribution in [1.82, 2.24) is 5.32 Å². The van der Waals surface area contributed by atoms with Crippen molar-refractivity contribution in [3.63, 3.8) is 0 Å². The number of rotatable bonds is 6. The van der Waals surface area contributed by atoms with Gasteiger partial charge in [0.1, 0.15) is 5.82 Å².